The minimum atomic E-state index is 0.664. The van der Waals surface area contributed by atoms with Crippen LogP contribution < -0.4 is 5.32 Å². The van der Waals surface area contributed by atoms with Crippen LogP contribution in [0.3, 0.4) is 0 Å². The number of nitrogens with zero attached hydrogens (tertiary/aromatic N) is 3. The fourth-order valence-corrected chi connectivity index (χ4v) is 2.88. The van der Waals surface area contributed by atoms with Crippen molar-refractivity contribution < 1.29 is 0 Å². The van der Waals surface area contributed by atoms with Crippen molar-refractivity contribution in [2.24, 2.45) is 5.92 Å². The lowest BCUT2D eigenvalue weighted by Gasteiger charge is -2.29. The molecule has 17 heavy (non-hydrogen) atoms. The van der Waals surface area contributed by atoms with Gasteiger partial charge in [-0.15, -0.1) is 10.2 Å². The summed E-state index contributed by atoms with van der Waals surface area (Å²) in [5.41, 5.74) is 0. The maximum absolute atomic E-state index is 4.08. The summed E-state index contributed by atoms with van der Waals surface area (Å²) in [6.45, 7) is 9.04. The van der Waals surface area contributed by atoms with E-state index in [1.165, 1.54) is 38.9 Å². The predicted octanol–water partition coefficient (Wildman–Crippen LogP) is 2.38. The summed E-state index contributed by atoms with van der Waals surface area (Å²) < 4.78 is 0. The Kier molecular flexibility index (Phi) is 4.74. The zero-order valence-electron chi connectivity index (χ0n) is 10.8. The van der Waals surface area contributed by atoms with E-state index in [4.69, 9.17) is 0 Å². The van der Waals surface area contributed by atoms with E-state index in [-0.39, 0.29) is 0 Å². The Balaban J connectivity index is 1.68. The van der Waals surface area contributed by atoms with E-state index in [2.05, 4.69) is 27.3 Å². The predicted molar refractivity (Wildman–Crippen MR) is 72.6 cm³/mol. The Labute approximate surface area is 107 Å². The van der Waals surface area contributed by atoms with Crippen molar-refractivity contribution in [1.82, 2.24) is 15.1 Å². The van der Waals surface area contributed by atoms with Crippen LogP contribution in [0.4, 0.5) is 5.13 Å². The maximum atomic E-state index is 4.08. The molecular formula is C12H22N4S. The Morgan fingerprint density at radius 1 is 1.29 bits per heavy atom. The molecule has 1 atom stereocenters. The Morgan fingerprint density at radius 2 is 2.06 bits per heavy atom. The van der Waals surface area contributed by atoms with Crippen LogP contribution in [0.2, 0.25) is 0 Å². The number of nitrogens with one attached hydrogen (secondary N) is 1. The molecule has 1 aromatic rings. The molecule has 1 aromatic heterocycles. The monoisotopic (exact) mass is 254 g/mol. The molecule has 0 spiro atoms. The molecule has 1 unspecified atom stereocenters. The SMILES string of the molecule is Cc1nnc(NCC(C)CN2CCCCC2)s1. The molecule has 96 valence electrons. The van der Waals surface area contributed by atoms with Gasteiger partial charge in [-0.05, 0) is 38.8 Å². The van der Waals surface area contributed by atoms with Gasteiger partial charge in [-0.2, -0.15) is 0 Å². The number of aryl methyl sites for hydroxylation is 1. The van der Waals surface area contributed by atoms with E-state index in [1.807, 2.05) is 6.92 Å². The normalized spacial score (nSPS) is 19.2. The van der Waals surface area contributed by atoms with Crippen LogP contribution in [0.15, 0.2) is 0 Å². The average molecular weight is 254 g/mol. The molecule has 1 aliphatic heterocycles. The van der Waals surface area contributed by atoms with Gasteiger partial charge in [-0.25, -0.2) is 0 Å². The summed E-state index contributed by atoms with van der Waals surface area (Å²) in [6, 6.07) is 0. The molecule has 0 radical (unpaired) electrons. The van der Waals surface area contributed by atoms with Crippen LogP contribution in [0.1, 0.15) is 31.2 Å². The van der Waals surface area contributed by atoms with Crippen molar-refractivity contribution in [3.05, 3.63) is 5.01 Å². The summed E-state index contributed by atoms with van der Waals surface area (Å²) in [5, 5.41) is 13.4. The number of likely N-dealkylation sites (tertiary alicyclic amines) is 1. The number of hydrogen-bond donors (Lipinski definition) is 1. The number of piperidine rings is 1. The van der Waals surface area contributed by atoms with Gasteiger partial charge in [0.15, 0.2) is 0 Å². The standard InChI is InChI=1S/C12H22N4S/c1-10(9-16-6-4-3-5-7-16)8-13-12-15-14-11(2)17-12/h10H,3-9H2,1-2H3,(H,13,15). The third-order valence-electron chi connectivity index (χ3n) is 3.15. The average Bonchev–Trinajstić information content (AvgIpc) is 2.74. The van der Waals surface area contributed by atoms with Crippen molar-refractivity contribution in [3.8, 4) is 0 Å². The van der Waals surface area contributed by atoms with Crippen LogP contribution in [-0.4, -0.2) is 41.3 Å². The number of aromatic nitrogens is 2. The van der Waals surface area contributed by atoms with Gasteiger partial charge in [0.25, 0.3) is 0 Å². The lowest BCUT2D eigenvalue weighted by molar-refractivity contribution is 0.204. The molecule has 1 saturated heterocycles. The summed E-state index contributed by atoms with van der Waals surface area (Å²) in [6.07, 6.45) is 4.15. The molecule has 4 nitrogen and oxygen atoms in total. The molecule has 1 N–H and O–H groups in total. The largest absolute Gasteiger partial charge is 0.360 e. The molecule has 0 amide bonds. The van der Waals surface area contributed by atoms with E-state index in [9.17, 15) is 0 Å². The van der Waals surface area contributed by atoms with Crippen LogP contribution in [0.25, 0.3) is 0 Å². The van der Waals surface area contributed by atoms with Crippen LogP contribution >= 0.6 is 11.3 Å². The van der Waals surface area contributed by atoms with E-state index in [0.717, 1.165) is 16.7 Å². The van der Waals surface area contributed by atoms with Gasteiger partial charge < -0.3 is 10.2 Å². The third kappa shape index (κ3) is 4.24. The summed E-state index contributed by atoms with van der Waals surface area (Å²) in [4.78, 5) is 2.58. The molecule has 0 aliphatic carbocycles. The number of anilines is 1. The maximum Gasteiger partial charge on any atom is 0.205 e. The number of rotatable bonds is 5. The van der Waals surface area contributed by atoms with E-state index >= 15 is 0 Å². The van der Waals surface area contributed by atoms with Crippen molar-refractivity contribution in [2.45, 2.75) is 33.1 Å². The molecule has 0 saturated carbocycles. The first-order chi connectivity index (χ1) is 8.24. The van der Waals surface area contributed by atoms with Crippen molar-refractivity contribution >= 4 is 16.5 Å². The molecule has 5 heteroatoms. The van der Waals surface area contributed by atoms with Crippen LogP contribution in [0, 0.1) is 12.8 Å². The zero-order valence-corrected chi connectivity index (χ0v) is 11.6. The Hall–Kier alpha value is -0.680. The Morgan fingerprint density at radius 3 is 2.71 bits per heavy atom. The fourth-order valence-electron chi connectivity index (χ4n) is 2.28. The van der Waals surface area contributed by atoms with Crippen molar-refractivity contribution in [2.75, 3.05) is 31.5 Å². The first-order valence-corrected chi connectivity index (χ1v) is 7.32. The highest BCUT2D eigenvalue weighted by molar-refractivity contribution is 7.15. The van der Waals surface area contributed by atoms with Crippen LogP contribution in [-0.2, 0) is 0 Å². The molecular weight excluding hydrogens is 232 g/mol. The van der Waals surface area contributed by atoms with Gasteiger partial charge in [0.1, 0.15) is 5.01 Å². The second-order valence-electron chi connectivity index (χ2n) is 4.97. The molecule has 2 heterocycles. The molecule has 1 fully saturated rings. The third-order valence-corrected chi connectivity index (χ3v) is 3.94. The van der Waals surface area contributed by atoms with Gasteiger partial charge in [-0.3, -0.25) is 0 Å². The summed E-state index contributed by atoms with van der Waals surface area (Å²) in [5.74, 6) is 0.664. The van der Waals surface area contributed by atoms with Gasteiger partial charge in [0.2, 0.25) is 5.13 Å². The number of hydrogen-bond acceptors (Lipinski definition) is 5. The summed E-state index contributed by atoms with van der Waals surface area (Å²) >= 11 is 1.63. The van der Waals surface area contributed by atoms with Crippen molar-refractivity contribution in [1.29, 1.82) is 0 Å². The van der Waals surface area contributed by atoms with Crippen molar-refractivity contribution in [3.63, 3.8) is 0 Å². The highest BCUT2D eigenvalue weighted by Gasteiger charge is 2.13. The van der Waals surface area contributed by atoms with Gasteiger partial charge >= 0.3 is 0 Å². The minimum absolute atomic E-state index is 0.664. The molecule has 1 aliphatic rings. The minimum Gasteiger partial charge on any atom is -0.360 e. The lowest BCUT2D eigenvalue weighted by atomic mass is 10.1. The van der Waals surface area contributed by atoms with Crippen LogP contribution in [0.5, 0.6) is 0 Å². The highest BCUT2D eigenvalue weighted by Crippen LogP contribution is 2.15. The van der Waals surface area contributed by atoms with E-state index < -0.39 is 0 Å². The second-order valence-corrected chi connectivity index (χ2v) is 6.16. The molecule has 2 rings (SSSR count). The zero-order chi connectivity index (χ0) is 12.1. The van der Waals surface area contributed by atoms with Gasteiger partial charge in [-0.1, -0.05) is 24.7 Å². The van der Waals surface area contributed by atoms with E-state index in [1.54, 1.807) is 11.3 Å². The highest BCUT2D eigenvalue weighted by atomic mass is 32.1. The smallest absolute Gasteiger partial charge is 0.205 e. The van der Waals surface area contributed by atoms with Gasteiger partial charge in [0, 0.05) is 13.1 Å². The quantitative estimate of drug-likeness (QED) is 0.876. The van der Waals surface area contributed by atoms with Gasteiger partial charge in [0.05, 0.1) is 0 Å². The first kappa shape index (κ1) is 12.8. The topological polar surface area (TPSA) is 41.1 Å². The van der Waals surface area contributed by atoms with E-state index in [0.29, 0.717) is 5.92 Å². The lowest BCUT2D eigenvalue weighted by Crippen LogP contribution is -2.35. The molecule has 0 aromatic carbocycles. The summed E-state index contributed by atoms with van der Waals surface area (Å²) in [7, 11) is 0. The second kappa shape index (κ2) is 6.31. The molecule has 0 bridgehead atoms. The Bertz CT molecular complexity index is 333. The fraction of sp³-hybridized carbons (Fsp3) is 0.833. The first-order valence-electron chi connectivity index (χ1n) is 6.50.